The second-order valence-corrected chi connectivity index (χ2v) is 18.8. The number of nitrogens with zero attached hydrogens (tertiary/aromatic N) is 1. The van der Waals surface area contributed by atoms with Gasteiger partial charge in [0, 0.05) is 19.0 Å². The summed E-state index contributed by atoms with van der Waals surface area (Å²) < 4.78 is 0. The molecule has 0 N–H and O–H groups in total. The Morgan fingerprint density at radius 3 is 2.16 bits per heavy atom. The molecule has 2 aliphatic rings. The molecule has 0 bridgehead atoms. The Hall–Kier alpha value is -2.45. The lowest BCUT2D eigenvalue weighted by atomic mass is 9.80. The number of hydrogen-bond donors (Lipinski definition) is 0. The van der Waals surface area contributed by atoms with E-state index in [2.05, 4.69) is 88.1 Å². The maximum atomic E-state index is 5.34. The third-order valence-corrected chi connectivity index (χ3v) is 12.7. The maximum absolute atomic E-state index is 5.34. The first-order valence-electron chi connectivity index (χ1n) is 14.7. The van der Waals surface area contributed by atoms with Gasteiger partial charge in [0.05, 0.1) is 11.2 Å². The fourth-order valence-corrected chi connectivity index (χ4v) is 9.66. The van der Waals surface area contributed by atoms with Gasteiger partial charge >= 0.3 is 0 Å². The minimum Gasteiger partial charge on any atom is -0.248 e. The van der Waals surface area contributed by atoms with Gasteiger partial charge in [-0.1, -0.05) is 75.7 Å². The molecule has 1 heterocycles. The summed E-state index contributed by atoms with van der Waals surface area (Å²) in [7, 11) is -1.07. The molecule has 2 saturated carbocycles. The van der Waals surface area contributed by atoms with Crippen molar-refractivity contribution in [3.05, 3.63) is 76.9 Å². The van der Waals surface area contributed by atoms with Gasteiger partial charge < -0.3 is 0 Å². The average Bonchev–Trinajstić information content (AvgIpc) is 3.42. The molecule has 1 nitrogen and oxygen atoms in total. The van der Waals surface area contributed by atoms with Crippen LogP contribution in [0.15, 0.2) is 54.6 Å². The highest BCUT2D eigenvalue weighted by atomic mass is 28.3. The molecule has 0 saturated heterocycles. The Labute approximate surface area is 224 Å². The van der Waals surface area contributed by atoms with Crippen LogP contribution in [0, 0.1) is 13.8 Å². The zero-order valence-electron chi connectivity index (χ0n) is 23.5. The van der Waals surface area contributed by atoms with E-state index in [0.717, 1.165) is 5.54 Å². The van der Waals surface area contributed by atoms with Gasteiger partial charge in [-0.2, -0.15) is 0 Å². The van der Waals surface area contributed by atoms with Crippen molar-refractivity contribution < 1.29 is 0 Å². The van der Waals surface area contributed by atoms with E-state index in [1.165, 1.54) is 95.4 Å². The predicted molar refractivity (Wildman–Crippen MR) is 164 cm³/mol. The van der Waals surface area contributed by atoms with Gasteiger partial charge in [-0.15, -0.1) is 0 Å². The van der Waals surface area contributed by atoms with E-state index in [-0.39, 0.29) is 0 Å². The predicted octanol–water partition coefficient (Wildman–Crippen LogP) is 10.7. The number of rotatable bonds is 4. The Morgan fingerprint density at radius 2 is 1.43 bits per heavy atom. The van der Waals surface area contributed by atoms with Crippen molar-refractivity contribution >= 4 is 29.7 Å². The molecule has 0 atom stereocenters. The summed E-state index contributed by atoms with van der Waals surface area (Å²) in [5, 5.41) is 4.23. The molecule has 2 fully saturated rings. The summed E-state index contributed by atoms with van der Waals surface area (Å²) in [5.74, 6) is 1.33. The van der Waals surface area contributed by atoms with Gasteiger partial charge in [-0.3, -0.25) is 0 Å². The third-order valence-electron chi connectivity index (χ3n) is 9.66. The highest BCUT2D eigenvalue weighted by Crippen LogP contribution is 2.46. The average molecular weight is 506 g/mol. The quantitative estimate of drug-likeness (QED) is 0.251. The lowest BCUT2D eigenvalue weighted by molar-refractivity contribution is 0.437. The minimum absolute atomic E-state index is 0.664. The van der Waals surface area contributed by atoms with Crippen LogP contribution < -0.4 is 0 Å². The number of benzene rings is 3. The normalized spacial score (nSPS) is 21.2. The van der Waals surface area contributed by atoms with Crippen LogP contribution in [0.2, 0.25) is 25.2 Å². The summed E-state index contributed by atoms with van der Waals surface area (Å²) in [6.45, 7) is 12.2. The molecular formula is C35H43NSi. The molecule has 0 amide bonds. The van der Waals surface area contributed by atoms with Crippen molar-refractivity contribution in [2.75, 3.05) is 0 Å². The number of fused-ring (bicyclic) bond motifs is 2. The zero-order valence-corrected chi connectivity index (χ0v) is 24.5. The van der Waals surface area contributed by atoms with Crippen molar-refractivity contribution in [3.8, 4) is 11.3 Å². The van der Waals surface area contributed by atoms with E-state index >= 15 is 0 Å². The molecule has 6 rings (SSSR count). The van der Waals surface area contributed by atoms with Gasteiger partial charge in [-0.25, -0.2) is 4.98 Å². The highest BCUT2D eigenvalue weighted by Gasteiger charge is 2.32. The lowest BCUT2D eigenvalue weighted by Crippen LogP contribution is -2.30. The highest BCUT2D eigenvalue weighted by molar-refractivity contribution is 6.77. The molecule has 2 heteroatoms. The van der Waals surface area contributed by atoms with Crippen LogP contribution in [0.5, 0.6) is 0 Å². The van der Waals surface area contributed by atoms with E-state index in [1.807, 2.05) is 0 Å². The standard InChI is InChI=1S/C35H43NSi/c1-23-18-24(2)35-32(25-10-6-7-11-25)22-33(36-34(35)19-23)28-20-27-12-8-9-13-30(27)31(21-28)26-14-16-29(17-15-26)37(3,4)5/h8-9,12-13,18-22,25-26,29H,6-7,10-11,14-17H2,1-5H3. The molecule has 37 heavy (non-hydrogen) atoms. The van der Waals surface area contributed by atoms with Crippen molar-refractivity contribution in [3.63, 3.8) is 0 Å². The number of aromatic nitrogens is 1. The second-order valence-electron chi connectivity index (χ2n) is 13.3. The van der Waals surface area contributed by atoms with E-state index in [9.17, 15) is 0 Å². The van der Waals surface area contributed by atoms with Crippen LogP contribution in [0.25, 0.3) is 32.9 Å². The largest absolute Gasteiger partial charge is 0.248 e. The second kappa shape index (κ2) is 9.69. The first-order valence-corrected chi connectivity index (χ1v) is 18.3. The summed E-state index contributed by atoms with van der Waals surface area (Å²) in [4.78, 5) is 5.34. The van der Waals surface area contributed by atoms with E-state index in [1.54, 1.807) is 11.1 Å². The van der Waals surface area contributed by atoms with Crippen LogP contribution in [-0.2, 0) is 0 Å². The Kier molecular flexibility index (Phi) is 6.51. The van der Waals surface area contributed by atoms with E-state index in [0.29, 0.717) is 11.8 Å². The fourth-order valence-electron chi connectivity index (χ4n) is 7.59. The minimum atomic E-state index is -1.07. The molecule has 4 aromatic rings. The molecule has 1 aromatic heterocycles. The molecule has 0 aliphatic heterocycles. The molecule has 0 radical (unpaired) electrons. The van der Waals surface area contributed by atoms with Crippen LogP contribution in [0.1, 0.15) is 85.5 Å². The number of pyridine rings is 1. The Balaban J connectivity index is 1.48. The number of hydrogen-bond acceptors (Lipinski definition) is 1. The molecule has 3 aromatic carbocycles. The van der Waals surface area contributed by atoms with Gasteiger partial charge in [0.1, 0.15) is 0 Å². The Morgan fingerprint density at radius 1 is 0.730 bits per heavy atom. The summed E-state index contributed by atoms with van der Waals surface area (Å²) in [5.41, 5.74) is 10.4. The topological polar surface area (TPSA) is 12.9 Å². The van der Waals surface area contributed by atoms with Gasteiger partial charge in [0.2, 0.25) is 0 Å². The van der Waals surface area contributed by atoms with Crippen LogP contribution in [0.4, 0.5) is 0 Å². The Bertz CT molecular complexity index is 1450. The van der Waals surface area contributed by atoms with Crippen molar-refractivity contribution in [1.82, 2.24) is 4.98 Å². The fraction of sp³-hybridized carbons (Fsp3) is 0.457. The van der Waals surface area contributed by atoms with Crippen LogP contribution >= 0.6 is 0 Å². The van der Waals surface area contributed by atoms with E-state index in [4.69, 9.17) is 4.98 Å². The van der Waals surface area contributed by atoms with Crippen molar-refractivity contribution in [1.29, 1.82) is 0 Å². The van der Waals surface area contributed by atoms with Crippen LogP contribution in [0.3, 0.4) is 0 Å². The third kappa shape index (κ3) is 4.78. The smallest absolute Gasteiger partial charge is 0.0717 e. The summed E-state index contributed by atoms with van der Waals surface area (Å²) in [6.07, 6.45) is 10.8. The van der Waals surface area contributed by atoms with E-state index < -0.39 is 8.07 Å². The monoisotopic (exact) mass is 505 g/mol. The first kappa shape index (κ1) is 24.9. The van der Waals surface area contributed by atoms with Gasteiger partial charge in [0.25, 0.3) is 0 Å². The molecule has 192 valence electrons. The van der Waals surface area contributed by atoms with Crippen molar-refractivity contribution in [2.45, 2.75) is 102 Å². The zero-order chi connectivity index (χ0) is 25.7. The molecular weight excluding hydrogens is 462 g/mol. The molecule has 0 spiro atoms. The number of aryl methyl sites for hydroxylation is 2. The van der Waals surface area contributed by atoms with Gasteiger partial charge in [0.15, 0.2) is 0 Å². The molecule has 0 unspecified atom stereocenters. The lowest BCUT2D eigenvalue weighted by Gasteiger charge is -2.36. The summed E-state index contributed by atoms with van der Waals surface area (Å²) in [6, 6.07) is 21.1. The van der Waals surface area contributed by atoms with Crippen LogP contribution in [-0.4, -0.2) is 13.1 Å². The summed E-state index contributed by atoms with van der Waals surface area (Å²) >= 11 is 0. The SMILES string of the molecule is Cc1cc(C)c2c(C3CCCC3)cc(-c3cc(C4CCC([Si](C)(C)C)CC4)c4ccccc4c3)nc2c1. The maximum Gasteiger partial charge on any atom is 0.0717 e. The van der Waals surface area contributed by atoms with Crippen molar-refractivity contribution in [2.24, 2.45) is 0 Å². The molecule has 2 aliphatic carbocycles. The van der Waals surface area contributed by atoms with Gasteiger partial charge in [-0.05, 0) is 114 Å². The first-order chi connectivity index (χ1) is 17.8.